The molecular formula is C17H24N4O3S. The molecule has 1 N–H and O–H groups in total. The normalized spacial score (nSPS) is 13.0. The van der Waals surface area contributed by atoms with Crippen molar-refractivity contribution in [3.63, 3.8) is 0 Å². The van der Waals surface area contributed by atoms with E-state index in [1.54, 1.807) is 58.3 Å². The molecule has 0 fully saturated rings. The summed E-state index contributed by atoms with van der Waals surface area (Å²) in [5.74, 6) is -0.265. The third-order valence-corrected chi connectivity index (χ3v) is 6.27. The van der Waals surface area contributed by atoms with E-state index in [1.165, 1.54) is 15.1 Å². The molecule has 1 amide bonds. The van der Waals surface area contributed by atoms with Crippen LogP contribution in [0.5, 0.6) is 0 Å². The predicted octanol–water partition coefficient (Wildman–Crippen LogP) is 2.42. The minimum absolute atomic E-state index is 0.209. The smallest absolute Gasteiger partial charge is 0.248 e. The fourth-order valence-corrected chi connectivity index (χ4v) is 4.24. The lowest BCUT2D eigenvalue weighted by molar-refractivity contribution is -0.119. The van der Waals surface area contributed by atoms with Crippen LogP contribution < -0.4 is 5.32 Å². The lowest BCUT2D eigenvalue weighted by Gasteiger charge is -2.20. The maximum absolute atomic E-state index is 12.8. The van der Waals surface area contributed by atoms with Gasteiger partial charge in [-0.25, -0.2) is 8.42 Å². The second-order valence-corrected chi connectivity index (χ2v) is 7.63. The fourth-order valence-electron chi connectivity index (χ4n) is 2.53. The Bertz CT molecular complexity index is 828. The highest BCUT2D eigenvalue weighted by molar-refractivity contribution is 7.89. The standard InChI is InChI=1S/C17H24N4O3S/c1-5-20(6-2)25(23,24)16-12-15(9-8-13(16)3)19-17(22)14(4)21-11-7-10-18-21/h7-12,14H,5-6H2,1-4H3,(H,19,22). The third kappa shape index (κ3) is 4.08. The summed E-state index contributed by atoms with van der Waals surface area (Å²) >= 11 is 0. The van der Waals surface area contributed by atoms with Crippen molar-refractivity contribution in [3.8, 4) is 0 Å². The minimum atomic E-state index is -3.59. The van der Waals surface area contributed by atoms with Gasteiger partial charge in [0.15, 0.2) is 0 Å². The Balaban J connectivity index is 2.28. The number of hydrogen-bond donors (Lipinski definition) is 1. The monoisotopic (exact) mass is 364 g/mol. The molecule has 7 nitrogen and oxygen atoms in total. The van der Waals surface area contributed by atoms with Gasteiger partial charge in [0, 0.05) is 31.2 Å². The van der Waals surface area contributed by atoms with Crippen molar-refractivity contribution in [3.05, 3.63) is 42.2 Å². The van der Waals surface area contributed by atoms with Crippen molar-refractivity contribution >= 4 is 21.6 Å². The Morgan fingerprint density at radius 1 is 1.32 bits per heavy atom. The van der Waals surface area contributed by atoms with E-state index in [-0.39, 0.29) is 10.8 Å². The molecule has 0 bridgehead atoms. The zero-order valence-corrected chi connectivity index (χ0v) is 15.7. The third-order valence-electron chi connectivity index (χ3n) is 4.08. The number of anilines is 1. The van der Waals surface area contributed by atoms with E-state index in [2.05, 4.69) is 10.4 Å². The number of benzene rings is 1. The molecule has 2 rings (SSSR count). The van der Waals surface area contributed by atoms with Crippen molar-refractivity contribution in [2.45, 2.75) is 38.6 Å². The minimum Gasteiger partial charge on any atom is -0.324 e. The Labute approximate surface area is 148 Å². The summed E-state index contributed by atoms with van der Waals surface area (Å²) in [7, 11) is -3.59. The first-order chi connectivity index (χ1) is 11.8. The van der Waals surface area contributed by atoms with Crippen LogP contribution in [0.1, 0.15) is 32.4 Å². The van der Waals surface area contributed by atoms with Gasteiger partial charge in [-0.2, -0.15) is 9.40 Å². The second kappa shape index (κ2) is 7.79. The van der Waals surface area contributed by atoms with Crippen LogP contribution in [0.25, 0.3) is 0 Å². The van der Waals surface area contributed by atoms with Crippen molar-refractivity contribution in [1.82, 2.24) is 14.1 Å². The van der Waals surface area contributed by atoms with Gasteiger partial charge in [0.1, 0.15) is 6.04 Å². The van der Waals surface area contributed by atoms with Gasteiger partial charge in [-0.1, -0.05) is 19.9 Å². The molecule has 0 aliphatic carbocycles. The number of amides is 1. The van der Waals surface area contributed by atoms with Crippen LogP contribution in [0.3, 0.4) is 0 Å². The van der Waals surface area contributed by atoms with E-state index in [0.717, 1.165) is 0 Å². The maximum Gasteiger partial charge on any atom is 0.248 e. The van der Waals surface area contributed by atoms with Crippen LogP contribution in [-0.2, 0) is 14.8 Å². The number of rotatable bonds is 7. The van der Waals surface area contributed by atoms with E-state index in [0.29, 0.717) is 24.3 Å². The van der Waals surface area contributed by atoms with Crippen molar-refractivity contribution in [1.29, 1.82) is 0 Å². The molecule has 1 heterocycles. The fraction of sp³-hybridized carbons (Fsp3) is 0.412. The number of sulfonamides is 1. The molecule has 1 unspecified atom stereocenters. The van der Waals surface area contributed by atoms with Gasteiger partial charge < -0.3 is 5.32 Å². The molecule has 8 heteroatoms. The number of carbonyl (C=O) groups is 1. The van der Waals surface area contributed by atoms with Gasteiger partial charge >= 0.3 is 0 Å². The quantitative estimate of drug-likeness (QED) is 0.818. The largest absolute Gasteiger partial charge is 0.324 e. The van der Waals surface area contributed by atoms with Gasteiger partial charge in [-0.15, -0.1) is 0 Å². The first kappa shape index (κ1) is 19.1. The number of hydrogen-bond acceptors (Lipinski definition) is 4. The Morgan fingerprint density at radius 2 is 2.00 bits per heavy atom. The average Bonchev–Trinajstić information content (AvgIpc) is 3.11. The van der Waals surface area contributed by atoms with Gasteiger partial charge in [-0.3, -0.25) is 9.48 Å². The molecule has 25 heavy (non-hydrogen) atoms. The number of aromatic nitrogens is 2. The van der Waals surface area contributed by atoms with Crippen molar-refractivity contribution < 1.29 is 13.2 Å². The molecule has 0 spiro atoms. The Kier molecular flexibility index (Phi) is 5.97. The highest BCUT2D eigenvalue weighted by Gasteiger charge is 2.24. The first-order valence-corrected chi connectivity index (χ1v) is 9.66. The summed E-state index contributed by atoms with van der Waals surface area (Å²) < 4.78 is 28.5. The summed E-state index contributed by atoms with van der Waals surface area (Å²) in [6.07, 6.45) is 3.31. The van der Waals surface area contributed by atoms with Crippen molar-refractivity contribution in [2.24, 2.45) is 0 Å². The molecule has 1 aromatic carbocycles. The molecule has 0 radical (unpaired) electrons. The number of nitrogens with zero attached hydrogens (tertiary/aromatic N) is 3. The Hall–Kier alpha value is -2.19. The van der Waals surface area contributed by atoms with Crippen LogP contribution in [0.4, 0.5) is 5.69 Å². The SMILES string of the molecule is CCN(CC)S(=O)(=O)c1cc(NC(=O)C(C)n2cccn2)ccc1C. The highest BCUT2D eigenvalue weighted by Crippen LogP contribution is 2.24. The first-order valence-electron chi connectivity index (χ1n) is 8.22. The molecular weight excluding hydrogens is 340 g/mol. The lowest BCUT2D eigenvalue weighted by Crippen LogP contribution is -2.31. The molecule has 1 aromatic heterocycles. The van der Waals surface area contributed by atoms with Crippen molar-refractivity contribution in [2.75, 3.05) is 18.4 Å². The topological polar surface area (TPSA) is 84.3 Å². The van der Waals surface area contributed by atoms with Crippen LogP contribution in [-0.4, -0.2) is 41.5 Å². The summed E-state index contributed by atoms with van der Waals surface area (Å²) in [6.45, 7) is 7.86. The number of nitrogens with one attached hydrogen (secondary N) is 1. The molecule has 2 aromatic rings. The van der Waals surface area contributed by atoms with Crippen LogP contribution in [0.15, 0.2) is 41.6 Å². The molecule has 0 aliphatic rings. The summed E-state index contributed by atoms with van der Waals surface area (Å²) in [4.78, 5) is 12.6. The van der Waals surface area contributed by atoms with Crippen LogP contribution in [0, 0.1) is 6.92 Å². The van der Waals surface area contributed by atoms with Gasteiger partial charge in [0.05, 0.1) is 4.90 Å². The van der Waals surface area contributed by atoms with Gasteiger partial charge in [-0.05, 0) is 37.6 Å². The van der Waals surface area contributed by atoms with Crippen LogP contribution >= 0.6 is 0 Å². The van der Waals surface area contributed by atoms with E-state index >= 15 is 0 Å². The van der Waals surface area contributed by atoms with E-state index < -0.39 is 16.1 Å². The Morgan fingerprint density at radius 3 is 2.56 bits per heavy atom. The summed E-state index contributed by atoms with van der Waals surface area (Å²) in [6, 6.07) is 6.15. The molecule has 1 atom stereocenters. The predicted molar refractivity (Wildman–Crippen MR) is 96.9 cm³/mol. The molecule has 136 valence electrons. The van der Waals surface area contributed by atoms with E-state index in [9.17, 15) is 13.2 Å². The molecule has 0 saturated heterocycles. The summed E-state index contributed by atoms with van der Waals surface area (Å²) in [5, 5.41) is 6.81. The molecule has 0 saturated carbocycles. The van der Waals surface area contributed by atoms with Gasteiger partial charge in [0.2, 0.25) is 15.9 Å². The average molecular weight is 364 g/mol. The second-order valence-electron chi connectivity index (χ2n) is 5.72. The highest BCUT2D eigenvalue weighted by atomic mass is 32.2. The van der Waals surface area contributed by atoms with Crippen LogP contribution in [0.2, 0.25) is 0 Å². The number of aryl methyl sites for hydroxylation is 1. The zero-order valence-electron chi connectivity index (χ0n) is 14.9. The van der Waals surface area contributed by atoms with E-state index in [4.69, 9.17) is 0 Å². The molecule has 0 aliphatic heterocycles. The zero-order chi connectivity index (χ0) is 18.6. The maximum atomic E-state index is 12.8. The van der Waals surface area contributed by atoms with Gasteiger partial charge in [0.25, 0.3) is 0 Å². The van der Waals surface area contributed by atoms with E-state index in [1.807, 2.05) is 0 Å². The number of carbonyl (C=O) groups excluding carboxylic acids is 1. The lowest BCUT2D eigenvalue weighted by atomic mass is 10.2. The summed E-state index contributed by atoms with van der Waals surface area (Å²) in [5.41, 5.74) is 1.09.